The lowest BCUT2D eigenvalue weighted by Gasteiger charge is -2.23. The average molecular weight is 440 g/mol. The topological polar surface area (TPSA) is 125 Å². The van der Waals surface area contributed by atoms with Crippen LogP contribution in [0.4, 0.5) is 4.79 Å². The van der Waals surface area contributed by atoms with Gasteiger partial charge in [0.05, 0.1) is 6.61 Å². The fourth-order valence-corrected chi connectivity index (χ4v) is 3.88. The number of ether oxygens (including phenoxy) is 1. The first-order chi connectivity index (χ1) is 15.3. The molecule has 0 saturated heterocycles. The predicted octanol–water partition coefficient (Wildman–Crippen LogP) is 2.50. The van der Waals surface area contributed by atoms with Gasteiger partial charge in [-0.3, -0.25) is 4.79 Å². The number of rotatable bonds is 9. The molecule has 1 aliphatic carbocycles. The quantitative estimate of drug-likeness (QED) is 0.475. The third kappa shape index (κ3) is 5.26. The summed E-state index contributed by atoms with van der Waals surface area (Å²) in [6.45, 7) is 3.11. The highest BCUT2D eigenvalue weighted by atomic mass is 16.5. The summed E-state index contributed by atoms with van der Waals surface area (Å²) in [5, 5.41) is 23.0. The third-order valence-electron chi connectivity index (χ3n) is 5.67. The zero-order chi connectivity index (χ0) is 23.3. The molecule has 0 saturated carbocycles. The van der Waals surface area contributed by atoms with Crippen molar-refractivity contribution in [2.45, 2.75) is 38.3 Å². The summed E-state index contributed by atoms with van der Waals surface area (Å²) in [7, 11) is 0. The summed E-state index contributed by atoms with van der Waals surface area (Å²) in [6, 6.07) is 14.1. The minimum absolute atomic E-state index is 0.0742. The summed E-state index contributed by atoms with van der Waals surface area (Å²) in [4.78, 5) is 35.7. The van der Waals surface area contributed by atoms with Gasteiger partial charge >= 0.3 is 12.1 Å². The summed E-state index contributed by atoms with van der Waals surface area (Å²) in [6.07, 6.45) is -0.777. The number of fused-ring (bicyclic) bond motifs is 3. The summed E-state index contributed by atoms with van der Waals surface area (Å²) < 4.78 is 5.53. The fourth-order valence-electron chi connectivity index (χ4n) is 3.88. The molecule has 8 nitrogen and oxygen atoms in total. The van der Waals surface area contributed by atoms with Crippen molar-refractivity contribution in [2.75, 3.05) is 13.2 Å². The zero-order valence-corrected chi connectivity index (χ0v) is 18.1. The second-order valence-electron chi connectivity index (χ2n) is 8.17. The van der Waals surface area contributed by atoms with Gasteiger partial charge in [-0.15, -0.1) is 0 Å². The lowest BCUT2D eigenvalue weighted by Crippen LogP contribution is -2.47. The molecular formula is C24H28N2O6. The Balaban J connectivity index is 1.61. The number of alkyl carbamates (subject to hydrolysis) is 1. The first-order valence-corrected chi connectivity index (χ1v) is 10.6. The van der Waals surface area contributed by atoms with E-state index < -0.39 is 36.7 Å². The number of benzene rings is 2. The Morgan fingerprint density at radius 2 is 1.53 bits per heavy atom. The summed E-state index contributed by atoms with van der Waals surface area (Å²) in [5.74, 6) is -2.08. The summed E-state index contributed by atoms with van der Waals surface area (Å²) in [5.41, 5.74) is 4.46. The van der Waals surface area contributed by atoms with Gasteiger partial charge in [-0.2, -0.15) is 0 Å². The van der Waals surface area contributed by atoms with Crippen molar-refractivity contribution in [3.63, 3.8) is 0 Å². The molecule has 0 radical (unpaired) electrons. The van der Waals surface area contributed by atoms with Crippen LogP contribution in [0.1, 0.15) is 37.3 Å². The Bertz CT molecular complexity index is 944. The minimum atomic E-state index is -1.38. The number of carbonyl (C=O) groups is 3. The first kappa shape index (κ1) is 23.3. The molecule has 0 heterocycles. The van der Waals surface area contributed by atoms with Crippen LogP contribution < -0.4 is 10.6 Å². The van der Waals surface area contributed by atoms with Crippen molar-refractivity contribution < 1.29 is 29.3 Å². The number of hydrogen-bond donors (Lipinski definition) is 4. The van der Waals surface area contributed by atoms with E-state index in [1.807, 2.05) is 50.2 Å². The molecule has 1 aliphatic rings. The molecule has 2 aromatic carbocycles. The van der Waals surface area contributed by atoms with Gasteiger partial charge in [-0.05, 0) is 28.2 Å². The number of carbonyl (C=O) groups excluding carboxylic acids is 2. The molecule has 0 spiro atoms. The molecule has 4 N–H and O–H groups in total. The maximum Gasteiger partial charge on any atom is 0.407 e. The van der Waals surface area contributed by atoms with Crippen molar-refractivity contribution in [1.29, 1.82) is 0 Å². The molecule has 2 atom stereocenters. The standard InChI is InChI=1S/C24H28N2O6/c1-14(2)20(11-22(28)25-21(12-27)23(29)30)26-24(31)32-13-19-17-9-5-3-7-15(17)16-8-4-6-10-18(16)19/h3-10,14,19-21,27H,11-13H2,1-2H3,(H,25,28)(H,26,31)(H,29,30). The van der Waals surface area contributed by atoms with E-state index in [-0.39, 0.29) is 24.9 Å². The number of aliphatic carboxylic acids is 1. The maximum absolute atomic E-state index is 12.5. The van der Waals surface area contributed by atoms with Crippen LogP contribution in [0.3, 0.4) is 0 Å². The van der Waals surface area contributed by atoms with Gasteiger partial charge in [0, 0.05) is 18.4 Å². The lowest BCUT2D eigenvalue weighted by molar-refractivity contribution is -0.143. The van der Waals surface area contributed by atoms with Gasteiger partial charge in [0.15, 0.2) is 0 Å². The molecule has 2 amide bonds. The van der Waals surface area contributed by atoms with Crippen molar-refractivity contribution in [1.82, 2.24) is 10.6 Å². The van der Waals surface area contributed by atoms with E-state index in [4.69, 9.17) is 14.9 Å². The molecule has 170 valence electrons. The Morgan fingerprint density at radius 3 is 2.03 bits per heavy atom. The van der Waals surface area contributed by atoms with Crippen LogP contribution in [-0.4, -0.2) is 53.5 Å². The lowest BCUT2D eigenvalue weighted by atomic mass is 9.98. The van der Waals surface area contributed by atoms with Crippen LogP contribution in [0.15, 0.2) is 48.5 Å². The molecule has 2 aromatic rings. The molecule has 0 aliphatic heterocycles. The molecule has 0 aromatic heterocycles. The number of aliphatic hydroxyl groups excluding tert-OH is 1. The monoisotopic (exact) mass is 440 g/mol. The van der Waals surface area contributed by atoms with Gasteiger partial charge in [0.25, 0.3) is 0 Å². The third-order valence-corrected chi connectivity index (χ3v) is 5.67. The summed E-state index contributed by atoms with van der Waals surface area (Å²) >= 11 is 0. The van der Waals surface area contributed by atoms with Gasteiger partial charge in [-0.1, -0.05) is 62.4 Å². The van der Waals surface area contributed by atoms with Crippen molar-refractivity contribution in [2.24, 2.45) is 5.92 Å². The fraction of sp³-hybridized carbons (Fsp3) is 0.375. The highest BCUT2D eigenvalue weighted by Gasteiger charge is 2.30. The molecule has 0 fully saturated rings. The average Bonchev–Trinajstić information content (AvgIpc) is 3.09. The molecule has 0 bridgehead atoms. The maximum atomic E-state index is 12.5. The number of carboxylic acids is 1. The van der Waals surface area contributed by atoms with E-state index in [1.54, 1.807) is 0 Å². The predicted molar refractivity (Wildman–Crippen MR) is 118 cm³/mol. The van der Waals surface area contributed by atoms with Crippen LogP contribution in [0, 0.1) is 5.92 Å². The molecule has 3 rings (SSSR count). The first-order valence-electron chi connectivity index (χ1n) is 10.6. The number of nitrogens with one attached hydrogen (secondary N) is 2. The smallest absolute Gasteiger partial charge is 0.407 e. The van der Waals surface area contributed by atoms with Gasteiger partial charge in [-0.25, -0.2) is 9.59 Å². The van der Waals surface area contributed by atoms with Crippen LogP contribution in [0.2, 0.25) is 0 Å². The van der Waals surface area contributed by atoms with E-state index in [0.29, 0.717) is 0 Å². The molecule has 8 heteroatoms. The largest absolute Gasteiger partial charge is 0.480 e. The van der Waals surface area contributed by atoms with E-state index in [2.05, 4.69) is 22.8 Å². The highest BCUT2D eigenvalue weighted by molar-refractivity contribution is 5.84. The second-order valence-corrected chi connectivity index (χ2v) is 8.17. The van der Waals surface area contributed by atoms with Crippen LogP contribution in [-0.2, 0) is 14.3 Å². The zero-order valence-electron chi connectivity index (χ0n) is 18.1. The number of carboxylic acid groups (broad SMARTS) is 1. The van der Waals surface area contributed by atoms with E-state index >= 15 is 0 Å². The van der Waals surface area contributed by atoms with E-state index in [0.717, 1.165) is 22.3 Å². The Hall–Kier alpha value is -3.39. The molecular weight excluding hydrogens is 412 g/mol. The van der Waals surface area contributed by atoms with Crippen molar-refractivity contribution in [3.05, 3.63) is 59.7 Å². The number of amides is 2. The van der Waals surface area contributed by atoms with Gasteiger partial charge < -0.3 is 25.6 Å². The normalized spacial score (nSPS) is 14.2. The highest BCUT2D eigenvalue weighted by Crippen LogP contribution is 2.44. The number of aliphatic hydroxyl groups is 1. The van der Waals surface area contributed by atoms with E-state index in [9.17, 15) is 14.4 Å². The van der Waals surface area contributed by atoms with Crippen LogP contribution in [0.5, 0.6) is 0 Å². The van der Waals surface area contributed by atoms with Gasteiger partial charge in [0.1, 0.15) is 12.6 Å². The minimum Gasteiger partial charge on any atom is -0.480 e. The SMILES string of the molecule is CC(C)C(CC(=O)NC(CO)C(=O)O)NC(=O)OCC1c2ccccc2-c2ccccc21. The Kier molecular flexibility index (Phi) is 7.48. The van der Waals surface area contributed by atoms with E-state index in [1.165, 1.54) is 0 Å². The van der Waals surface area contributed by atoms with Gasteiger partial charge in [0.2, 0.25) is 5.91 Å². The van der Waals surface area contributed by atoms with Crippen LogP contribution in [0.25, 0.3) is 11.1 Å². The Morgan fingerprint density at radius 1 is 0.969 bits per heavy atom. The molecule has 32 heavy (non-hydrogen) atoms. The Labute approximate surface area is 186 Å². The molecule has 2 unspecified atom stereocenters. The van der Waals surface area contributed by atoms with Crippen LogP contribution >= 0.6 is 0 Å². The second kappa shape index (κ2) is 10.3. The number of hydrogen-bond acceptors (Lipinski definition) is 5. The van der Waals surface area contributed by atoms with Crippen molar-refractivity contribution >= 4 is 18.0 Å². The van der Waals surface area contributed by atoms with Crippen molar-refractivity contribution in [3.8, 4) is 11.1 Å².